The molecule has 1 aromatic carbocycles. The number of aryl methyl sites for hydroxylation is 1. The second-order valence-corrected chi connectivity index (χ2v) is 8.25. The molecule has 0 amide bonds. The van der Waals surface area contributed by atoms with E-state index < -0.39 is 0 Å². The van der Waals surface area contributed by atoms with Crippen LogP contribution < -0.4 is 5.32 Å². The maximum atomic E-state index is 6.41. The molecular weight excluding hydrogens is 400 g/mol. The summed E-state index contributed by atoms with van der Waals surface area (Å²) in [7, 11) is 0. The van der Waals surface area contributed by atoms with Gasteiger partial charge < -0.3 is 14.8 Å². The van der Waals surface area contributed by atoms with Gasteiger partial charge in [0.15, 0.2) is 5.11 Å². The largest absolute Gasteiger partial charge is 0.352 e. The van der Waals surface area contributed by atoms with Crippen molar-refractivity contribution in [1.82, 2.24) is 19.8 Å². The molecule has 0 radical (unpaired) electrons. The van der Waals surface area contributed by atoms with Gasteiger partial charge in [-0.2, -0.15) is 0 Å². The van der Waals surface area contributed by atoms with Gasteiger partial charge in [-0.05, 0) is 81.4 Å². The van der Waals surface area contributed by atoms with Gasteiger partial charge in [0.2, 0.25) is 0 Å². The average Bonchev–Trinajstić information content (AvgIpc) is 3.20. The molecule has 1 aliphatic heterocycles. The molecule has 2 aromatic heterocycles. The van der Waals surface area contributed by atoms with Crippen LogP contribution in [0.4, 0.5) is 0 Å². The highest BCUT2D eigenvalue weighted by Gasteiger charge is 2.40. The summed E-state index contributed by atoms with van der Waals surface area (Å²) in [6, 6.07) is 14.5. The quantitative estimate of drug-likeness (QED) is 0.565. The Morgan fingerprint density at radius 2 is 1.93 bits per heavy atom. The van der Waals surface area contributed by atoms with Crippen molar-refractivity contribution in [2.75, 3.05) is 6.54 Å². The van der Waals surface area contributed by atoms with E-state index in [2.05, 4.69) is 65.7 Å². The number of halogens is 1. The number of likely N-dealkylation sites (N-methyl/N-ethyl adjacent to an activating group) is 1. The van der Waals surface area contributed by atoms with Gasteiger partial charge in [-0.3, -0.25) is 4.98 Å². The van der Waals surface area contributed by atoms with Crippen molar-refractivity contribution in [1.29, 1.82) is 0 Å². The molecule has 1 aliphatic rings. The van der Waals surface area contributed by atoms with Crippen LogP contribution in [0.2, 0.25) is 5.02 Å². The van der Waals surface area contributed by atoms with E-state index >= 15 is 0 Å². The molecule has 1 saturated heterocycles. The van der Waals surface area contributed by atoms with E-state index in [-0.39, 0.29) is 12.1 Å². The molecule has 6 heteroatoms. The van der Waals surface area contributed by atoms with E-state index in [0.717, 1.165) is 33.6 Å². The lowest BCUT2D eigenvalue weighted by Gasteiger charge is -2.27. The molecule has 0 bridgehead atoms. The highest BCUT2D eigenvalue weighted by atomic mass is 35.5. The number of nitrogens with zero attached hydrogens (tertiary/aromatic N) is 3. The van der Waals surface area contributed by atoms with E-state index in [1.807, 2.05) is 30.5 Å². The minimum Gasteiger partial charge on any atom is -0.352 e. The molecule has 3 heterocycles. The number of hydrogen-bond donors (Lipinski definition) is 1. The van der Waals surface area contributed by atoms with Gasteiger partial charge in [-0.25, -0.2) is 0 Å². The summed E-state index contributed by atoms with van der Waals surface area (Å²) >= 11 is 12.1. The van der Waals surface area contributed by atoms with Gasteiger partial charge in [-0.15, -0.1) is 0 Å². The standard InChI is InChI=1S/C23H25ClN4S/c1-5-27-22(21(26-23(27)29)19-10-6-7-12-25-19)17-13-14(2)28(16(17)4)20-11-8-9-18(24)15(20)3/h6-13,21-22H,5H2,1-4H3,(H,26,29)/t21-,22-/m1/s1. The number of nitrogens with one attached hydrogen (secondary N) is 1. The second-order valence-electron chi connectivity index (χ2n) is 7.46. The van der Waals surface area contributed by atoms with E-state index in [0.29, 0.717) is 0 Å². The van der Waals surface area contributed by atoms with E-state index in [4.69, 9.17) is 23.8 Å². The molecule has 29 heavy (non-hydrogen) atoms. The predicted molar refractivity (Wildman–Crippen MR) is 123 cm³/mol. The fraction of sp³-hybridized carbons (Fsp3) is 0.304. The maximum Gasteiger partial charge on any atom is 0.170 e. The monoisotopic (exact) mass is 424 g/mol. The molecule has 0 unspecified atom stereocenters. The molecule has 1 N–H and O–H groups in total. The van der Waals surface area contributed by atoms with Crippen LogP contribution in [0.5, 0.6) is 0 Å². The number of rotatable bonds is 4. The van der Waals surface area contributed by atoms with Crippen LogP contribution >= 0.6 is 23.8 Å². The number of thiocarbonyl (C=S) groups is 1. The topological polar surface area (TPSA) is 33.1 Å². The van der Waals surface area contributed by atoms with Crippen LogP contribution in [0, 0.1) is 20.8 Å². The minimum atomic E-state index is 0.0121. The average molecular weight is 425 g/mol. The Morgan fingerprint density at radius 1 is 1.14 bits per heavy atom. The number of pyridine rings is 1. The Bertz CT molecular complexity index is 1060. The van der Waals surface area contributed by atoms with Crippen LogP contribution in [0.15, 0.2) is 48.7 Å². The van der Waals surface area contributed by atoms with Gasteiger partial charge in [-0.1, -0.05) is 23.7 Å². The fourth-order valence-corrected chi connectivity index (χ4v) is 4.92. The van der Waals surface area contributed by atoms with Crippen LogP contribution in [-0.4, -0.2) is 26.1 Å². The molecule has 0 saturated carbocycles. The van der Waals surface area contributed by atoms with Crippen LogP contribution in [-0.2, 0) is 0 Å². The Kier molecular flexibility index (Phi) is 5.36. The van der Waals surface area contributed by atoms with E-state index in [1.165, 1.54) is 17.0 Å². The smallest absolute Gasteiger partial charge is 0.170 e. The van der Waals surface area contributed by atoms with Crippen LogP contribution in [0.1, 0.15) is 47.2 Å². The molecule has 150 valence electrons. The third kappa shape index (κ3) is 3.32. The van der Waals surface area contributed by atoms with Gasteiger partial charge in [0.05, 0.1) is 17.8 Å². The SMILES string of the molecule is CCN1C(=S)N[C@H](c2ccccn2)[C@H]1c1cc(C)n(-c2cccc(Cl)c2C)c1C. The fourth-order valence-electron chi connectivity index (χ4n) is 4.38. The lowest BCUT2D eigenvalue weighted by Crippen LogP contribution is -2.29. The highest BCUT2D eigenvalue weighted by Crippen LogP contribution is 2.41. The molecule has 1 fully saturated rings. The Labute approximate surface area is 182 Å². The number of benzene rings is 1. The first kappa shape index (κ1) is 19.9. The van der Waals surface area contributed by atoms with Crippen LogP contribution in [0.25, 0.3) is 5.69 Å². The zero-order valence-corrected chi connectivity index (χ0v) is 18.7. The van der Waals surface area contributed by atoms with E-state index in [1.54, 1.807) is 0 Å². The van der Waals surface area contributed by atoms with Gasteiger partial charge in [0, 0.05) is 34.8 Å². The third-order valence-electron chi connectivity index (χ3n) is 5.81. The molecular formula is C23H25ClN4S. The first-order valence-corrected chi connectivity index (χ1v) is 10.6. The lowest BCUT2D eigenvalue weighted by molar-refractivity contribution is 0.329. The summed E-state index contributed by atoms with van der Waals surface area (Å²) in [6.45, 7) is 9.36. The second kappa shape index (κ2) is 7.81. The molecule has 2 atom stereocenters. The Morgan fingerprint density at radius 3 is 2.62 bits per heavy atom. The van der Waals surface area contributed by atoms with Crippen molar-refractivity contribution >= 4 is 28.9 Å². The van der Waals surface area contributed by atoms with Crippen molar-refractivity contribution in [3.63, 3.8) is 0 Å². The molecule has 0 aliphatic carbocycles. The zero-order chi connectivity index (χ0) is 20.7. The van der Waals surface area contributed by atoms with Crippen molar-refractivity contribution in [3.8, 4) is 5.69 Å². The molecule has 4 nitrogen and oxygen atoms in total. The Hall–Kier alpha value is -2.37. The zero-order valence-electron chi connectivity index (χ0n) is 17.1. The van der Waals surface area contributed by atoms with Gasteiger partial charge in [0.25, 0.3) is 0 Å². The predicted octanol–water partition coefficient (Wildman–Crippen LogP) is 5.44. The summed E-state index contributed by atoms with van der Waals surface area (Å²) < 4.78 is 2.29. The van der Waals surface area contributed by atoms with Gasteiger partial charge >= 0.3 is 0 Å². The highest BCUT2D eigenvalue weighted by molar-refractivity contribution is 7.80. The number of aromatic nitrogens is 2. The molecule has 4 rings (SSSR count). The number of hydrogen-bond acceptors (Lipinski definition) is 2. The van der Waals surface area contributed by atoms with Crippen LogP contribution in [0.3, 0.4) is 0 Å². The Balaban J connectivity index is 1.86. The van der Waals surface area contributed by atoms with Gasteiger partial charge in [0.1, 0.15) is 0 Å². The summed E-state index contributed by atoms with van der Waals surface area (Å²) in [6.07, 6.45) is 1.84. The minimum absolute atomic E-state index is 0.0121. The summed E-state index contributed by atoms with van der Waals surface area (Å²) in [4.78, 5) is 6.86. The summed E-state index contributed by atoms with van der Waals surface area (Å²) in [5.41, 5.74) is 6.83. The van der Waals surface area contributed by atoms with Crippen molar-refractivity contribution in [2.45, 2.75) is 39.8 Å². The first-order chi connectivity index (χ1) is 13.9. The molecule has 0 spiro atoms. The van der Waals surface area contributed by atoms with E-state index in [9.17, 15) is 0 Å². The normalized spacial score (nSPS) is 18.9. The lowest BCUT2D eigenvalue weighted by atomic mass is 9.97. The maximum absolute atomic E-state index is 6.41. The third-order valence-corrected chi connectivity index (χ3v) is 6.57. The first-order valence-electron chi connectivity index (χ1n) is 9.86. The molecule has 3 aromatic rings. The summed E-state index contributed by atoms with van der Waals surface area (Å²) in [5, 5.41) is 5.05. The van der Waals surface area contributed by atoms with Crippen molar-refractivity contribution in [3.05, 3.63) is 81.9 Å². The van der Waals surface area contributed by atoms with Crippen molar-refractivity contribution < 1.29 is 0 Å². The summed E-state index contributed by atoms with van der Waals surface area (Å²) in [5.74, 6) is 0. The van der Waals surface area contributed by atoms with Crippen molar-refractivity contribution in [2.24, 2.45) is 0 Å².